The van der Waals surface area contributed by atoms with Crippen LogP contribution in [0.3, 0.4) is 0 Å². The predicted molar refractivity (Wildman–Crippen MR) is 143 cm³/mol. The first-order valence-corrected chi connectivity index (χ1v) is 13.6. The molecule has 4 rings (SSSR count). The van der Waals surface area contributed by atoms with Crippen molar-refractivity contribution in [3.8, 4) is 5.75 Å². The van der Waals surface area contributed by atoms with Crippen molar-refractivity contribution in [2.75, 3.05) is 11.9 Å². The molecule has 0 spiro atoms. The molecule has 0 aliphatic rings. The minimum Gasteiger partial charge on any atom is -0.484 e. The number of carbonyl (C=O) groups excluding carboxylic acids is 1. The summed E-state index contributed by atoms with van der Waals surface area (Å²) in [5, 5.41) is 2.88. The molecule has 0 heterocycles. The smallest absolute Gasteiger partial charge is 0.262 e. The number of amides is 1. The van der Waals surface area contributed by atoms with Crippen molar-refractivity contribution in [3.05, 3.63) is 115 Å². The van der Waals surface area contributed by atoms with Crippen LogP contribution in [0.25, 0.3) is 0 Å². The molecule has 0 radical (unpaired) electrons. The molecule has 0 saturated carbocycles. The van der Waals surface area contributed by atoms with Gasteiger partial charge in [0.25, 0.3) is 5.91 Å². The van der Waals surface area contributed by atoms with Gasteiger partial charge in [0.2, 0.25) is 10.0 Å². The van der Waals surface area contributed by atoms with Crippen molar-refractivity contribution in [2.24, 2.45) is 0 Å². The van der Waals surface area contributed by atoms with Gasteiger partial charge in [-0.15, -0.1) is 0 Å². The molecule has 4 aromatic carbocycles. The van der Waals surface area contributed by atoms with Gasteiger partial charge >= 0.3 is 0 Å². The summed E-state index contributed by atoms with van der Waals surface area (Å²) < 4.78 is 33.7. The van der Waals surface area contributed by atoms with Crippen LogP contribution in [0.5, 0.6) is 5.75 Å². The Hall–Kier alpha value is -3.59. The summed E-state index contributed by atoms with van der Waals surface area (Å²) in [6, 6.07) is 32.4. The minimum absolute atomic E-state index is 0.119. The number of anilines is 1. The fourth-order valence-corrected chi connectivity index (χ4v) is 5.59. The van der Waals surface area contributed by atoms with Crippen molar-refractivity contribution in [1.82, 2.24) is 4.72 Å². The highest BCUT2D eigenvalue weighted by molar-refractivity contribution is 7.99. The first kappa shape index (κ1) is 25.5. The largest absolute Gasteiger partial charge is 0.484 e. The highest BCUT2D eigenvalue weighted by atomic mass is 32.2. The highest BCUT2D eigenvalue weighted by Crippen LogP contribution is 2.33. The normalized spacial score (nSPS) is 12.0. The van der Waals surface area contributed by atoms with E-state index in [0.717, 1.165) is 15.4 Å². The number of ether oxygens (including phenoxy) is 1. The van der Waals surface area contributed by atoms with E-state index in [2.05, 4.69) is 10.0 Å². The summed E-state index contributed by atoms with van der Waals surface area (Å²) in [7, 11) is -3.71. The van der Waals surface area contributed by atoms with Crippen molar-refractivity contribution >= 4 is 33.4 Å². The van der Waals surface area contributed by atoms with Crippen molar-refractivity contribution in [2.45, 2.75) is 27.7 Å². The van der Waals surface area contributed by atoms with E-state index >= 15 is 0 Å². The number of para-hydroxylation sites is 1. The molecular formula is C28H26N2O4S2. The van der Waals surface area contributed by atoms with Crippen LogP contribution >= 0.6 is 11.8 Å². The van der Waals surface area contributed by atoms with Crippen LogP contribution in [0, 0.1) is 0 Å². The van der Waals surface area contributed by atoms with Crippen LogP contribution < -0.4 is 14.8 Å². The summed E-state index contributed by atoms with van der Waals surface area (Å²) in [6.07, 6.45) is 0. The Balaban J connectivity index is 1.33. The molecule has 0 fully saturated rings. The van der Waals surface area contributed by atoms with Crippen LogP contribution in [0.2, 0.25) is 0 Å². The predicted octanol–water partition coefficient (Wildman–Crippen LogP) is 5.89. The van der Waals surface area contributed by atoms with Crippen LogP contribution in [-0.2, 0) is 14.8 Å². The molecule has 184 valence electrons. The number of benzene rings is 4. The van der Waals surface area contributed by atoms with E-state index in [1.165, 1.54) is 24.3 Å². The van der Waals surface area contributed by atoms with E-state index in [1.54, 1.807) is 18.7 Å². The second-order valence-electron chi connectivity index (χ2n) is 7.97. The average Bonchev–Trinajstić information content (AvgIpc) is 2.90. The zero-order chi connectivity index (χ0) is 25.4. The van der Waals surface area contributed by atoms with E-state index in [9.17, 15) is 13.2 Å². The van der Waals surface area contributed by atoms with Crippen molar-refractivity contribution in [3.63, 3.8) is 0 Å². The van der Waals surface area contributed by atoms with Crippen LogP contribution in [0.4, 0.5) is 5.69 Å². The molecule has 4 aromatic rings. The van der Waals surface area contributed by atoms with Gasteiger partial charge in [-0.25, -0.2) is 13.1 Å². The molecule has 0 bridgehead atoms. The third-order valence-electron chi connectivity index (χ3n) is 5.27. The van der Waals surface area contributed by atoms with Crippen molar-refractivity contribution < 1.29 is 17.9 Å². The monoisotopic (exact) mass is 518 g/mol. The summed E-state index contributed by atoms with van der Waals surface area (Å²) in [5.74, 6) is 0.0818. The van der Waals surface area contributed by atoms with E-state index < -0.39 is 10.0 Å². The second kappa shape index (κ2) is 11.9. The third-order valence-corrected chi connectivity index (χ3v) is 7.91. The Morgan fingerprint density at radius 2 is 1.44 bits per heavy atom. The zero-order valence-corrected chi connectivity index (χ0v) is 21.3. The molecule has 0 saturated heterocycles. The summed E-state index contributed by atoms with van der Waals surface area (Å²) >= 11 is 1.56. The van der Waals surface area contributed by atoms with Gasteiger partial charge in [-0.1, -0.05) is 72.4 Å². The number of sulfonamides is 1. The molecule has 0 aromatic heterocycles. The average molecular weight is 519 g/mol. The molecule has 8 heteroatoms. The van der Waals surface area contributed by atoms with E-state index in [4.69, 9.17) is 4.74 Å². The fraction of sp³-hybridized carbons (Fsp3) is 0.107. The zero-order valence-electron chi connectivity index (χ0n) is 19.6. The Kier molecular flexibility index (Phi) is 8.43. The maximum absolute atomic E-state index is 12.7. The Morgan fingerprint density at radius 1 is 0.833 bits per heavy atom. The minimum atomic E-state index is -3.71. The second-order valence-corrected chi connectivity index (χ2v) is 10.8. The van der Waals surface area contributed by atoms with Gasteiger partial charge in [0.15, 0.2) is 6.61 Å². The van der Waals surface area contributed by atoms with Gasteiger partial charge in [0.05, 0.1) is 10.6 Å². The molecule has 1 atom stereocenters. The molecule has 1 amide bonds. The topological polar surface area (TPSA) is 84.5 Å². The van der Waals surface area contributed by atoms with Gasteiger partial charge in [0, 0.05) is 15.8 Å². The number of nitrogens with one attached hydrogen (secondary N) is 2. The maximum Gasteiger partial charge on any atom is 0.262 e. The third kappa shape index (κ3) is 6.97. The van der Waals surface area contributed by atoms with Gasteiger partial charge in [-0.3, -0.25) is 4.79 Å². The first-order chi connectivity index (χ1) is 17.4. The van der Waals surface area contributed by atoms with E-state index in [1.807, 2.05) is 84.9 Å². The summed E-state index contributed by atoms with van der Waals surface area (Å²) in [5.41, 5.74) is 1.57. The lowest BCUT2D eigenvalue weighted by Gasteiger charge is -2.15. The van der Waals surface area contributed by atoms with E-state index in [0.29, 0.717) is 11.4 Å². The fourth-order valence-electron chi connectivity index (χ4n) is 3.44. The Bertz CT molecular complexity index is 1390. The Labute approximate surface area is 215 Å². The van der Waals surface area contributed by atoms with Gasteiger partial charge < -0.3 is 10.1 Å². The quantitative estimate of drug-likeness (QED) is 0.273. The molecule has 0 aliphatic heterocycles. The lowest BCUT2D eigenvalue weighted by Crippen LogP contribution is -2.26. The lowest BCUT2D eigenvalue weighted by molar-refractivity contribution is -0.118. The van der Waals surface area contributed by atoms with Gasteiger partial charge in [-0.2, -0.15) is 0 Å². The molecule has 0 aliphatic carbocycles. The SMILES string of the molecule is C[C@H](NS(=O)(=O)c1ccc(OCC(=O)Nc2ccccc2Sc2ccccc2)cc1)c1ccccc1. The van der Waals surface area contributed by atoms with E-state index in [-0.39, 0.29) is 23.5 Å². The highest BCUT2D eigenvalue weighted by Gasteiger charge is 2.18. The van der Waals surface area contributed by atoms with Gasteiger partial charge in [0.1, 0.15) is 5.75 Å². The Morgan fingerprint density at radius 3 is 2.14 bits per heavy atom. The molecular weight excluding hydrogens is 492 g/mol. The van der Waals surface area contributed by atoms with Crippen molar-refractivity contribution in [1.29, 1.82) is 0 Å². The number of carbonyl (C=O) groups is 1. The molecule has 36 heavy (non-hydrogen) atoms. The summed E-state index contributed by atoms with van der Waals surface area (Å²) in [4.78, 5) is 14.6. The van der Waals surface area contributed by atoms with Crippen LogP contribution in [0.1, 0.15) is 18.5 Å². The summed E-state index contributed by atoms with van der Waals surface area (Å²) in [6.45, 7) is 1.58. The number of hydrogen-bond donors (Lipinski definition) is 2. The van der Waals surface area contributed by atoms with Gasteiger partial charge in [-0.05, 0) is 61.0 Å². The maximum atomic E-state index is 12.7. The van der Waals surface area contributed by atoms with Crippen LogP contribution in [-0.4, -0.2) is 20.9 Å². The standard InChI is InChI=1S/C28H26N2O4S2/c1-21(22-10-4-2-5-11-22)30-36(32,33)25-18-16-23(17-19-25)34-20-28(31)29-26-14-8-9-15-27(26)35-24-12-6-3-7-13-24/h2-19,21,30H,20H2,1H3,(H,29,31)/t21-/m0/s1. The number of hydrogen-bond acceptors (Lipinski definition) is 5. The first-order valence-electron chi connectivity index (χ1n) is 11.3. The number of rotatable bonds is 10. The molecule has 6 nitrogen and oxygen atoms in total. The lowest BCUT2D eigenvalue weighted by atomic mass is 10.1. The molecule has 2 N–H and O–H groups in total. The van der Waals surface area contributed by atoms with Crippen LogP contribution in [0.15, 0.2) is 124 Å². The molecule has 0 unspecified atom stereocenters.